The van der Waals surface area contributed by atoms with Crippen molar-refractivity contribution < 1.29 is 4.79 Å². The number of likely N-dealkylation sites (N-methyl/N-ethyl adjacent to an activating group) is 1. The maximum atomic E-state index is 12.3. The molecule has 1 aliphatic carbocycles. The molecular weight excluding hydrogens is 238 g/mol. The monoisotopic (exact) mass is 259 g/mol. The van der Waals surface area contributed by atoms with E-state index in [1.54, 1.807) is 6.20 Å². The Hall–Kier alpha value is -1.68. The third-order valence-electron chi connectivity index (χ3n) is 3.28. The van der Waals surface area contributed by atoms with Crippen LogP contribution in [0.15, 0.2) is 24.4 Å². The molecule has 0 aliphatic heterocycles. The molecule has 1 heterocycles. The van der Waals surface area contributed by atoms with Gasteiger partial charge in [0, 0.05) is 36.0 Å². The molecule has 102 valence electrons. The molecule has 4 nitrogen and oxygen atoms in total. The highest BCUT2D eigenvalue weighted by Gasteiger charge is 2.34. The lowest BCUT2D eigenvalue weighted by atomic mass is 9.79. The molecule has 0 aromatic carbocycles. The molecule has 0 unspecified atom stereocenters. The van der Waals surface area contributed by atoms with Crippen molar-refractivity contribution in [2.24, 2.45) is 5.41 Å². The first-order valence-corrected chi connectivity index (χ1v) is 6.53. The van der Waals surface area contributed by atoms with Crippen molar-refractivity contribution in [1.29, 1.82) is 0 Å². The van der Waals surface area contributed by atoms with Crippen LogP contribution in [0.5, 0.6) is 0 Å². The van der Waals surface area contributed by atoms with Crippen molar-refractivity contribution in [3.05, 3.63) is 35.7 Å². The Bertz CT molecular complexity index is 518. The molecule has 1 aromatic heterocycles. The van der Waals surface area contributed by atoms with E-state index in [0.717, 1.165) is 24.4 Å². The topological polar surface area (TPSA) is 45.2 Å². The van der Waals surface area contributed by atoms with Gasteiger partial charge in [0.15, 0.2) is 5.78 Å². The van der Waals surface area contributed by atoms with Crippen molar-refractivity contribution in [2.75, 3.05) is 27.2 Å². The third-order valence-corrected chi connectivity index (χ3v) is 3.28. The van der Waals surface area contributed by atoms with Crippen LogP contribution in [0.3, 0.4) is 0 Å². The van der Waals surface area contributed by atoms with E-state index in [1.165, 1.54) is 0 Å². The second-order valence-electron chi connectivity index (χ2n) is 5.74. The zero-order valence-corrected chi connectivity index (χ0v) is 12.0. The van der Waals surface area contributed by atoms with E-state index in [9.17, 15) is 4.79 Å². The lowest BCUT2D eigenvalue weighted by Gasteiger charge is -2.28. The molecule has 0 fully saturated rings. The third kappa shape index (κ3) is 2.84. The number of ketones is 1. The number of hydrogen-bond donors (Lipinski definition) is 1. The Morgan fingerprint density at radius 1 is 1.37 bits per heavy atom. The molecule has 1 aromatic rings. The van der Waals surface area contributed by atoms with Gasteiger partial charge in [-0.05, 0) is 46.2 Å². The number of fused-ring (bicyclic) bond motifs is 1. The van der Waals surface area contributed by atoms with Crippen LogP contribution in [0.1, 0.15) is 29.9 Å². The first kappa shape index (κ1) is 13.7. The fourth-order valence-electron chi connectivity index (χ4n) is 2.17. The number of rotatable bonds is 4. The number of nitrogens with one attached hydrogen (secondary N) is 1. The molecule has 19 heavy (non-hydrogen) atoms. The highest BCUT2D eigenvalue weighted by Crippen LogP contribution is 2.33. The summed E-state index contributed by atoms with van der Waals surface area (Å²) < 4.78 is 0. The van der Waals surface area contributed by atoms with E-state index < -0.39 is 5.41 Å². The second-order valence-corrected chi connectivity index (χ2v) is 5.74. The van der Waals surface area contributed by atoms with Crippen LogP contribution >= 0.6 is 0 Å². The summed E-state index contributed by atoms with van der Waals surface area (Å²) in [5, 5.41) is 3.41. The molecule has 2 rings (SSSR count). The van der Waals surface area contributed by atoms with Crippen molar-refractivity contribution in [3.8, 4) is 0 Å². The van der Waals surface area contributed by atoms with Crippen LogP contribution in [-0.2, 0) is 0 Å². The molecule has 0 atom stereocenters. The summed E-state index contributed by atoms with van der Waals surface area (Å²) in [6.07, 6.45) is 3.69. The van der Waals surface area contributed by atoms with Gasteiger partial charge < -0.3 is 10.2 Å². The maximum absolute atomic E-state index is 12.3. The fourth-order valence-corrected chi connectivity index (χ4v) is 2.17. The van der Waals surface area contributed by atoms with E-state index >= 15 is 0 Å². The van der Waals surface area contributed by atoms with Crippen molar-refractivity contribution in [1.82, 2.24) is 15.2 Å². The van der Waals surface area contributed by atoms with Gasteiger partial charge in [0.1, 0.15) is 5.69 Å². The van der Waals surface area contributed by atoms with Crippen LogP contribution in [0.2, 0.25) is 0 Å². The lowest BCUT2D eigenvalue weighted by molar-refractivity contribution is 0.0876. The fraction of sp³-hybridized carbons (Fsp3) is 0.467. The van der Waals surface area contributed by atoms with Gasteiger partial charge in [0.25, 0.3) is 0 Å². The van der Waals surface area contributed by atoms with Gasteiger partial charge in [-0.1, -0.05) is 0 Å². The van der Waals surface area contributed by atoms with Gasteiger partial charge in [-0.25, -0.2) is 0 Å². The van der Waals surface area contributed by atoms with Crippen LogP contribution in [-0.4, -0.2) is 42.9 Å². The number of allylic oxidation sites excluding steroid dienone is 1. The number of carbonyl (C=O) groups is 1. The molecule has 4 heteroatoms. The number of Topliss-reactive ketones (excluding diaryl/α,β-unsaturated/α-hetero) is 1. The average molecular weight is 259 g/mol. The number of pyridine rings is 1. The van der Waals surface area contributed by atoms with Crippen LogP contribution in [0.4, 0.5) is 0 Å². The lowest BCUT2D eigenvalue weighted by Crippen LogP contribution is -2.33. The summed E-state index contributed by atoms with van der Waals surface area (Å²) in [5.41, 5.74) is 1.99. The van der Waals surface area contributed by atoms with E-state index in [2.05, 4.69) is 15.2 Å². The molecule has 0 bridgehead atoms. The molecule has 0 spiro atoms. The normalized spacial score (nSPS) is 17.1. The van der Waals surface area contributed by atoms with Gasteiger partial charge in [-0.3, -0.25) is 9.78 Å². The van der Waals surface area contributed by atoms with Gasteiger partial charge in [0.05, 0.1) is 0 Å². The Morgan fingerprint density at radius 3 is 2.79 bits per heavy atom. The Balaban J connectivity index is 2.28. The molecular formula is C15H21N3O. The highest BCUT2D eigenvalue weighted by atomic mass is 16.1. The van der Waals surface area contributed by atoms with Crippen LogP contribution in [0, 0.1) is 5.41 Å². The SMILES string of the molecule is CN(C)CCNC1=CC(C)(C)C(=O)c2ncccc21. The molecule has 1 aliphatic rings. The molecule has 0 saturated carbocycles. The highest BCUT2D eigenvalue weighted by molar-refractivity contribution is 6.06. The summed E-state index contributed by atoms with van der Waals surface area (Å²) >= 11 is 0. The number of aromatic nitrogens is 1. The predicted molar refractivity (Wildman–Crippen MR) is 76.9 cm³/mol. The summed E-state index contributed by atoms with van der Waals surface area (Å²) in [6, 6.07) is 3.82. The minimum atomic E-state index is -0.498. The first-order chi connectivity index (χ1) is 8.92. The zero-order chi connectivity index (χ0) is 14.0. The summed E-state index contributed by atoms with van der Waals surface area (Å²) in [5.74, 6) is 0.0845. The van der Waals surface area contributed by atoms with Crippen molar-refractivity contribution in [3.63, 3.8) is 0 Å². The average Bonchev–Trinajstić information content (AvgIpc) is 2.35. The molecule has 1 N–H and O–H groups in total. The zero-order valence-electron chi connectivity index (χ0n) is 12.0. The van der Waals surface area contributed by atoms with E-state index in [-0.39, 0.29) is 5.78 Å². The first-order valence-electron chi connectivity index (χ1n) is 6.53. The summed E-state index contributed by atoms with van der Waals surface area (Å²) in [4.78, 5) is 18.7. The maximum Gasteiger partial charge on any atom is 0.191 e. The number of nitrogens with zero attached hydrogens (tertiary/aromatic N) is 2. The van der Waals surface area contributed by atoms with Gasteiger partial charge in [0.2, 0.25) is 0 Å². The van der Waals surface area contributed by atoms with Gasteiger partial charge >= 0.3 is 0 Å². The van der Waals surface area contributed by atoms with E-state index in [1.807, 2.05) is 46.2 Å². The minimum absolute atomic E-state index is 0.0845. The van der Waals surface area contributed by atoms with Crippen LogP contribution in [0.25, 0.3) is 5.70 Å². The van der Waals surface area contributed by atoms with E-state index in [4.69, 9.17) is 0 Å². The molecule has 0 radical (unpaired) electrons. The quantitative estimate of drug-likeness (QED) is 0.895. The predicted octanol–water partition coefficient (Wildman–Crippen LogP) is 1.80. The van der Waals surface area contributed by atoms with Crippen molar-refractivity contribution >= 4 is 11.5 Å². The van der Waals surface area contributed by atoms with E-state index in [0.29, 0.717) is 5.69 Å². The standard InChI is InChI=1S/C15H21N3O/c1-15(2)10-12(16-8-9-18(3)4)11-6-5-7-17-13(11)14(15)19/h5-7,10,16H,8-9H2,1-4H3. The Labute approximate surface area is 114 Å². The Morgan fingerprint density at radius 2 is 2.11 bits per heavy atom. The Kier molecular flexibility index (Phi) is 3.71. The molecule has 0 saturated heterocycles. The smallest absolute Gasteiger partial charge is 0.191 e. The van der Waals surface area contributed by atoms with Gasteiger partial charge in [-0.15, -0.1) is 0 Å². The van der Waals surface area contributed by atoms with Crippen LogP contribution < -0.4 is 5.32 Å². The number of hydrogen-bond acceptors (Lipinski definition) is 4. The molecule has 0 amide bonds. The number of carbonyl (C=O) groups excluding carboxylic acids is 1. The van der Waals surface area contributed by atoms with Gasteiger partial charge in [-0.2, -0.15) is 0 Å². The minimum Gasteiger partial charge on any atom is -0.383 e. The summed E-state index contributed by atoms with van der Waals surface area (Å²) in [6.45, 7) is 5.65. The largest absolute Gasteiger partial charge is 0.383 e. The van der Waals surface area contributed by atoms with Crippen molar-refractivity contribution in [2.45, 2.75) is 13.8 Å². The second kappa shape index (κ2) is 5.13. The summed E-state index contributed by atoms with van der Waals surface area (Å²) in [7, 11) is 4.08.